The quantitative estimate of drug-likeness (QED) is 0.908. The number of benzene rings is 2. The molecule has 2 aromatic carbocycles. The molecule has 6 heteroatoms. The van der Waals surface area contributed by atoms with Crippen LogP contribution in [0.4, 0.5) is 10.1 Å². The van der Waals surface area contributed by atoms with Crippen LogP contribution < -0.4 is 10.6 Å². The van der Waals surface area contributed by atoms with E-state index < -0.39 is 17.8 Å². The van der Waals surface area contributed by atoms with Crippen molar-refractivity contribution in [3.63, 3.8) is 0 Å². The van der Waals surface area contributed by atoms with Crippen LogP contribution >= 0.6 is 11.6 Å². The van der Waals surface area contributed by atoms with E-state index in [2.05, 4.69) is 10.6 Å². The van der Waals surface area contributed by atoms with Gasteiger partial charge >= 0.3 is 0 Å². The summed E-state index contributed by atoms with van der Waals surface area (Å²) in [5.41, 5.74) is 0.454. The van der Waals surface area contributed by atoms with Gasteiger partial charge in [0.2, 0.25) is 5.91 Å². The summed E-state index contributed by atoms with van der Waals surface area (Å²) in [5, 5.41) is 5.19. The molecule has 0 fully saturated rings. The molecule has 0 aliphatic carbocycles. The van der Waals surface area contributed by atoms with E-state index in [0.29, 0.717) is 5.56 Å². The standard InChI is InChI=1S/C16H14ClFN2O2/c1-10(19-16(22)11-5-3-2-4-6-11)15(21)20-14-8-7-12(17)9-13(14)18/h2-10H,1H3,(H,19,22)(H,20,21). The highest BCUT2D eigenvalue weighted by Gasteiger charge is 2.17. The SMILES string of the molecule is CC(NC(=O)c1ccccc1)C(=O)Nc1ccc(Cl)cc1F. The Kier molecular flexibility index (Phi) is 5.12. The van der Waals surface area contributed by atoms with Gasteiger partial charge in [0.05, 0.1) is 5.69 Å². The van der Waals surface area contributed by atoms with E-state index in [0.717, 1.165) is 6.07 Å². The van der Waals surface area contributed by atoms with E-state index >= 15 is 0 Å². The summed E-state index contributed by atoms with van der Waals surface area (Å²) in [7, 11) is 0. The van der Waals surface area contributed by atoms with Gasteiger partial charge in [-0.1, -0.05) is 29.8 Å². The van der Waals surface area contributed by atoms with Crippen molar-refractivity contribution in [2.75, 3.05) is 5.32 Å². The van der Waals surface area contributed by atoms with Crippen molar-refractivity contribution in [1.82, 2.24) is 5.32 Å². The Balaban J connectivity index is 1.99. The van der Waals surface area contributed by atoms with Gasteiger partial charge in [-0.25, -0.2) is 4.39 Å². The van der Waals surface area contributed by atoms with Crippen molar-refractivity contribution in [3.8, 4) is 0 Å². The maximum atomic E-state index is 13.6. The first kappa shape index (κ1) is 16.0. The van der Waals surface area contributed by atoms with Gasteiger partial charge in [-0.2, -0.15) is 0 Å². The molecule has 2 aromatic rings. The zero-order valence-corrected chi connectivity index (χ0v) is 12.5. The third-order valence-electron chi connectivity index (χ3n) is 2.97. The largest absolute Gasteiger partial charge is 0.341 e. The molecule has 0 spiro atoms. The minimum absolute atomic E-state index is 0.00945. The molecule has 0 bridgehead atoms. The van der Waals surface area contributed by atoms with Crippen LogP contribution in [0, 0.1) is 5.82 Å². The number of hydrogen-bond donors (Lipinski definition) is 2. The van der Waals surface area contributed by atoms with Gasteiger partial charge in [-0.15, -0.1) is 0 Å². The van der Waals surface area contributed by atoms with Crippen LogP contribution in [0.2, 0.25) is 5.02 Å². The fourth-order valence-electron chi connectivity index (χ4n) is 1.77. The number of hydrogen-bond acceptors (Lipinski definition) is 2. The average Bonchev–Trinajstić information content (AvgIpc) is 2.50. The Morgan fingerprint density at radius 3 is 2.45 bits per heavy atom. The fraction of sp³-hybridized carbons (Fsp3) is 0.125. The topological polar surface area (TPSA) is 58.2 Å². The number of anilines is 1. The van der Waals surface area contributed by atoms with Crippen LogP contribution in [0.1, 0.15) is 17.3 Å². The third kappa shape index (κ3) is 4.05. The summed E-state index contributed by atoms with van der Waals surface area (Å²) >= 11 is 5.64. The molecule has 114 valence electrons. The number of carbonyl (C=O) groups excluding carboxylic acids is 2. The molecule has 0 aliphatic rings. The summed E-state index contributed by atoms with van der Waals surface area (Å²) in [6.45, 7) is 1.52. The minimum Gasteiger partial charge on any atom is -0.341 e. The molecule has 2 amide bonds. The second-order valence-corrected chi connectivity index (χ2v) is 5.11. The Bertz CT molecular complexity index is 692. The Labute approximate surface area is 132 Å². The Morgan fingerprint density at radius 2 is 1.82 bits per heavy atom. The number of halogens is 2. The maximum absolute atomic E-state index is 13.6. The van der Waals surface area contributed by atoms with Gasteiger partial charge in [-0.05, 0) is 37.3 Å². The monoisotopic (exact) mass is 320 g/mol. The van der Waals surface area contributed by atoms with Crippen LogP contribution in [0.3, 0.4) is 0 Å². The summed E-state index contributed by atoms with van der Waals surface area (Å²) in [6.07, 6.45) is 0. The highest BCUT2D eigenvalue weighted by Crippen LogP contribution is 2.18. The lowest BCUT2D eigenvalue weighted by atomic mass is 10.2. The highest BCUT2D eigenvalue weighted by molar-refractivity contribution is 6.30. The number of nitrogens with one attached hydrogen (secondary N) is 2. The van der Waals surface area contributed by atoms with E-state index in [1.54, 1.807) is 30.3 Å². The summed E-state index contributed by atoms with van der Waals surface area (Å²) in [6, 6.07) is 11.6. The molecule has 2 N–H and O–H groups in total. The molecule has 0 saturated carbocycles. The Hall–Kier alpha value is -2.40. The van der Waals surface area contributed by atoms with Crippen molar-refractivity contribution in [2.45, 2.75) is 13.0 Å². The van der Waals surface area contributed by atoms with Crippen molar-refractivity contribution < 1.29 is 14.0 Å². The van der Waals surface area contributed by atoms with Gasteiger partial charge in [0, 0.05) is 10.6 Å². The molecule has 0 aliphatic heterocycles. The normalized spacial score (nSPS) is 11.6. The predicted octanol–water partition coefficient (Wildman–Crippen LogP) is 3.24. The van der Waals surface area contributed by atoms with Gasteiger partial charge < -0.3 is 10.6 Å². The first-order chi connectivity index (χ1) is 10.5. The highest BCUT2D eigenvalue weighted by atomic mass is 35.5. The molecule has 22 heavy (non-hydrogen) atoms. The lowest BCUT2D eigenvalue weighted by molar-refractivity contribution is -0.117. The number of carbonyl (C=O) groups is 2. The van der Waals surface area contributed by atoms with Crippen LogP contribution in [-0.2, 0) is 4.79 Å². The van der Waals surface area contributed by atoms with Crippen LogP contribution in [-0.4, -0.2) is 17.9 Å². The van der Waals surface area contributed by atoms with Crippen molar-refractivity contribution in [3.05, 3.63) is 64.9 Å². The molecule has 4 nitrogen and oxygen atoms in total. The van der Waals surface area contributed by atoms with Crippen molar-refractivity contribution in [1.29, 1.82) is 0 Å². The van der Waals surface area contributed by atoms with Gasteiger partial charge in [-0.3, -0.25) is 9.59 Å². The molecule has 0 saturated heterocycles. The van der Waals surface area contributed by atoms with E-state index in [-0.39, 0.29) is 16.6 Å². The van der Waals surface area contributed by atoms with E-state index in [9.17, 15) is 14.0 Å². The van der Waals surface area contributed by atoms with Crippen LogP contribution in [0.15, 0.2) is 48.5 Å². The number of rotatable bonds is 4. The summed E-state index contributed by atoms with van der Waals surface area (Å²) < 4.78 is 13.6. The second kappa shape index (κ2) is 7.04. The second-order valence-electron chi connectivity index (χ2n) is 4.67. The average molecular weight is 321 g/mol. The van der Waals surface area contributed by atoms with Crippen molar-refractivity contribution >= 4 is 29.1 Å². The Morgan fingerprint density at radius 1 is 1.14 bits per heavy atom. The molecule has 1 atom stereocenters. The fourth-order valence-corrected chi connectivity index (χ4v) is 1.93. The lowest BCUT2D eigenvalue weighted by Gasteiger charge is -2.14. The lowest BCUT2D eigenvalue weighted by Crippen LogP contribution is -2.41. The minimum atomic E-state index is -0.817. The zero-order valence-electron chi connectivity index (χ0n) is 11.8. The maximum Gasteiger partial charge on any atom is 0.251 e. The molecular weight excluding hydrogens is 307 g/mol. The molecule has 0 radical (unpaired) electrons. The third-order valence-corrected chi connectivity index (χ3v) is 3.20. The molecule has 0 heterocycles. The van der Waals surface area contributed by atoms with Crippen LogP contribution in [0.5, 0.6) is 0 Å². The van der Waals surface area contributed by atoms with E-state index in [1.807, 2.05) is 0 Å². The number of amides is 2. The summed E-state index contributed by atoms with van der Waals surface area (Å²) in [5.74, 6) is -1.53. The van der Waals surface area contributed by atoms with Crippen molar-refractivity contribution in [2.24, 2.45) is 0 Å². The smallest absolute Gasteiger partial charge is 0.251 e. The predicted molar refractivity (Wildman–Crippen MR) is 83.4 cm³/mol. The molecule has 2 rings (SSSR count). The van der Waals surface area contributed by atoms with E-state index in [1.165, 1.54) is 19.1 Å². The van der Waals surface area contributed by atoms with Crippen LogP contribution in [0.25, 0.3) is 0 Å². The zero-order chi connectivity index (χ0) is 16.1. The molecular formula is C16H14ClFN2O2. The summed E-state index contributed by atoms with van der Waals surface area (Å²) in [4.78, 5) is 23.9. The van der Waals surface area contributed by atoms with Gasteiger partial charge in [0.25, 0.3) is 5.91 Å². The van der Waals surface area contributed by atoms with Gasteiger partial charge in [0.1, 0.15) is 11.9 Å². The van der Waals surface area contributed by atoms with E-state index in [4.69, 9.17) is 11.6 Å². The van der Waals surface area contributed by atoms with Gasteiger partial charge in [0.15, 0.2) is 0 Å². The first-order valence-electron chi connectivity index (χ1n) is 6.59. The molecule has 1 unspecified atom stereocenters. The molecule has 0 aromatic heterocycles. The first-order valence-corrected chi connectivity index (χ1v) is 6.97.